The van der Waals surface area contributed by atoms with Crippen LogP contribution in [0.3, 0.4) is 0 Å². The largest absolute Gasteiger partial charge is 0.494 e. The summed E-state index contributed by atoms with van der Waals surface area (Å²) in [5.74, 6) is 0.680. The lowest BCUT2D eigenvalue weighted by Gasteiger charge is -2.26. The molecule has 0 N–H and O–H groups in total. The average molecular weight is 445 g/mol. The number of carbonyl (C=O) groups is 1. The molecule has 31 heavy (non-hydrogen) atoms. The number of sulfonamides is 1. The molecule has 1 aliphatic heterocycles. The van der Waals surface area contributed by atoms with E-state index in [9.17, 15) is 13.2 Å². The van der Waals surface area contributed by atoms with Crippen LogP contribution < -0.4 is 4.74 Å². The molecule has 1 saturated heterocycles. The fourth-order valence-electron chi connectivity index (χ4n) is 4.19. The van der Waals surface area contributed by atoms with Crippen molar-refractivity contribution < 1.29 is 17.9 Å². The second kappa shape index (κ2) is 9.83. The summed E-state index contributed by atoms with van der Waals surface area (Å²) in [6.45, 7) is 9.39. The van der Waals surface area contributed by atoms with E-state index in [2.05, 4.69) is 0 Å². The Morgan fingerprint density at radius 3 is 2.39 bits per heavy atom. The maximum Gasteiger partial charge on any atom is 0.254 e. The molecule has 2 aromatic carbocycles. The number of benzene rings is 2. The highest BCUT2D eigenvalue weighted by Gasteiger charge is 2.32. The minimum atomic E-state index is -3.64. The Morgan fingerprint density at radius 1 is 1.10 bits per heavy atom. The van der Waals surface area contributed by atoms with E-state index >= 15 is 0 Å². The molecule has 1 unspecified atom stereocenters. The SMILES string of the molecule is CCOc1ccc(C2CCCN2C(=O)c2ccc(C)c(S(=O)(=O)N(CC)CC)c2)cc1. The fourth-order valence-corrected chi connectivity index (χ4v) is 5.90. The van der Waals surface area contributed by atoms with E-state index in [1.165, 1.54) is 4.31 Å². The Labute approximate surface area is 185 Å². The van der Waals surface area contributed by atoms with Crippen molar-refractivity contribution >= 4 is 15.9 Å². The molecule has 0 bridgehead atoms. The van der Waals surface area contributed by atoms with Gasteiger partial charge in [-0.25, -0.2) is 8.42 Å². The molecule has 0 aromatic heterocycles. The molecule has 1 fully saturated rings. The molecule has 2 aromatic rings. The van der Waals surface area contributed by atoms with Crippen molar-refractivity contribution in [1.82, 2.24) is 9.21 Å². The molecule has 0 aliphatic carbocycles. The Hall–Kier alpha value is -2.38. The molecule has 0 spiro atoms. The van der Waals surface area contributed by atoms with E-state index in [1.807, 2.05) is 49.9 Å². The van der Waals surface area contributed by atoms with Gasteiger partial charge in [-0.2, -0.15) is 4.31 Å². The molecule has 0 saturated carbocycles. The van der Waals surface area contributed by atoms with Gasteiger partial charge in [-0.3, -0.25) is 4.79 Å². The van der Waals surface area contributed by atoms with Gasteiger partial charge in [-0.05, 0) is 62.1 Å². The van der Waals surface area contributed by atoms with Crippen LogP contribution in [0.4, 0.5) is 0 Å². The topological polar surface area (TPSA) is 66.9 Å². The van der Waals surface area contributed by atoms with Gasteiger partial charge in [0.1, 0.15) is 5.75 Å². The summed E-state index contributed by atoms with van der Waals surface area (Å²) in [6, 6.07) is 12.9. The Bertz CT molecular complexity index is 1010. The number of nitrogens with zero attached hydrogens (tertiary/aromatic N) is 2. The number of aryl methyl sites for hydroxylation is 1. The van der Waals surface area contributed by atoms with Crippen molar-refractivity contribution in [3.63, 3.8) is 0 Å². The number of carbonyl (C=O) groups excluding carboxylic acids is 1. The molecule has 1 atom stereocenters. The van der Waals surface area contributed by atoms with E-state index in [0.717, 1.165) is 24.2 Å². The summed E-state index contributed by atoms with van der Waals surface area (Å²) in [6.07, 6.45) is 1.80. The van der Waals surface area contributed by atoms with Crippen LogP contribution in [0.25, 0.3) is 0 Å². The van der Waals surface area contributed by atoms with Gasteiger partial charge < -0.3 is 9.64 Å². The first-order valence-electron chi connectivity index (χ1n) is 11.0. The van der Waals surface area contributed by atoms with E-state index in [4.69, 9.17) is 4.74 Å². The van der Waals surface area contributed by atoms with E-state index in [0.29, 0.717) is 37.4 Å². The number of rotatable bonds is 8. The number of ether oxygens (including phenoxy) is 1. The predicted octanol–water partition coefficient (Wildman–Crippen LogP) is 4.40. The quantitative estimate of drug-likeness (QED) is 0.605. The third-order valence-corrected chi connectivity index (χ3v) is 8.04. The van der Waals surface area contributed by atoms with Crippen LogP contribution >= 0.6 is 0 Å². The molecule has 1 amide bonds. The molecular formula is C24H32N2O4S. The lowest BCUT2D eigenvalue weighted by Crippen LogP contribution is -2.32. The minimum absolute atomic E-state index is 0.0210. The van der Waals surface area contributed by atoms with E-state index in [-0.39, 0.29) is 16.8 Å². The minimum Gasteiger partial charge on any atom is -0.494 e. The summed E-state index contributed by atoms with van der Waals surface area (Å²) in [5.41, 5.74) is 2.12. The molecular weight excluding hydrogens is 412 g/mol. The summed E-state index contributed by atoms with van der Waals surface area (Å²) in [7, 11) is -3.64. The zero-order chi connectivity index (χ0) is 22.6. The van der Waals surface area contributed by atoms with Gasteiger partial charge in [-0.15, -0.1) is 0 Å². The van der Waals surface area contributed by atoms with E-state index < -0.39 is 10.0 Å². The number of hydrogen-bond donors (Lipinski definition) is 0. The summed E-state index contributed by atoms with van der Waals surface area (Å²) < 4.78 is 33.1. The third kappa shape index (κ3) is 4.77. The van der Waals surface area contributed by atoms with Crippen LogP contribution in [-0.2, 0) is 10.0 Å². The Morgan fingerprint density at radius 2 is 1.77 bits per heavy atom. The molecule has 6 nitrogen and oxygen atoms in total. The lowest BCUT2D eigenvalue weighted by molar-refractivity contribution is 0.0735. The summed E-state index contributed by atoms with van der Waals surface area (Å²) >= 11 is 0. The van der Waals surface area contributed by atoms with Gasteiger partial charge in [0.05, 0.1) is 17.5 Å². The Balaban J connectivity index is 1.90. The number of hydrogen-bond acceptors (Lipinski definition) is 4. The number of likely N-dealkylation sites (tertiary alicyclic amines) is 1. The van der Waals surface area contributed by atoms with Crippen molar-refractivity contribution in [1.29, 1.82) is 0 Å². The van der Waals surface area contributed by atoms with Crippen LogP contribution in [0.15, 0.2) is 47.4 Å². The second-order valence-corrected chi connectivity index (χ2v) is 9.63. The van der Waals surface area contributed by atoms with Crippen LogP contribution in [-0.4, -0.2) is 49.8 Å². The van der Waals surface area contributed by atoms with Gasteiger partial charge >= 0.3 is 0 Å². The van der Waals surface area contributed by atoms with E-state index in [1.54, 1.807) is 25.1 Å². The smallest absolute Gasteiger partial charge is 0.254 e. The first kappa shape index (κ1) is 23.3. The van der Waals surface area contributed by atoms with Gasteiger partial charge in [0.25, 0.3) is 5.91 Å². The third-order valence-electron chi connectivity index (χ3n) is 5.85. The van der Waals surface area contributed by atoms with Crippen molar-refractivity contribution in [2.45, 2.75) is 51.5 Å². The molecule has 1 heterocycles. The summed E-state index contributed by atoms with van der Waals surface area (Å²) in [4.78, 5) is 15.5. The molecule has 0 radical (unpaired) electrons. The van der Waals surface area contributed by atoms with Gasteiger partial charge in [0, 0.05) is 25.2 Å². The molecule has 1 aliphatic rings. The van der Waals surface area contributed by atoms with Crippen molar-refractivity contribution in [3.05, 3.63) is 59.2 Å². The monoisotopic (exact) mass is 444 g/mol. The van der Waals surface area contributed by atoms with Crippen LogP contribution in [0.5, 0.6) is 5.75 Å². The predicted molar refractivity (Wildman–Crippen MR) is 122 cm³/mol. The highest BCUT2D eigenvalue weighted by molar-refractivity contribution is 7.89. The van der Waals surface area contributed by atoms with Crippen LogP contribution in [0.1, 0.15) is 61.1 Å². The second-order valence-electron chi connectivity index (χ2n) is 7.73. The first-order chi connectivity index (χ1) is 14.8. The van der Waals surface area contributed by atoms with Gasteiger partial charge in [-0.1, -0.05) is 32.0 Å². The fraction of sp³-hybridized carbons (Fsp3) is 0.458. The molecule has 3 rings (SSSR count). The van der Waals surface area contributed by atoms with Crippen molar-refractivity contribution in [2.75, 3.05) is 26.2 Å². The van der Waals surface area contributed by atoms with Crippen molar-refractivity contribution in [3.8, 4) is 5.75 Å². The van der Waals surface area contributed by atoms with Gasteiger partial charge in [0.2, 0.25) is 10.0 Å². The molecule has 168 valence electrons. The maximum absolute atomic E-state index is 13.4. The lowest BCUT2D eigenvalue weighted by atomic mass is 10.0. The first-order valence-corrected chi connectivity index (χ1v) is 12.4. The highest BCUT2D eigenvalue weighted by Crippen LogP contribution is 2.34. The zero-order valence-corrected chi connectivity index (χ0v) is 19.6. The van der Waals surface area contributed by atoms with Crippen LogP contribution in [0.2, 0.25) is 0 Å². The standard InChI is InChI=1S/C24H32N2O4S/c1-5-25(6-2)31(28,29)23-17-20(11-10-18(23)4)24(27)26-16-8-9-22(26)19-12-14-21(15-13-19)30-7-3/h10-15,17,22H,5-9,16H2,1-4H3. The number of amides is 1. The summed E-state index contributed by atoms with van der Waals surface area (Å²) in [5, 5.41) is 0. The zero-order valence-electron chi connectivity index (χ0n) is 18.8. The normalized spacial score (nSPS) is 16.7. The van der Waals surface area contributed by atoms with Gasteiger partial charge in [0.15, 0.2) is 0 Å². The van der Waals surface area contributed by atoms with Crippen molar-refractivity contribution in [2.24, 2.45) is 0 Å². The average Bonchev–Trinajstić information content (AvgIpc) is 3.25. The Kier molecular flexibility index (Phi) is 7.38. The maximum atomic E-state index is 13.4. The van der Waals surface area contributed by atoms with Crippen LogP contribution in [0, 0.1) is 6.92 Å². The highest BCUT2D eigenvalue weighted by atomic mass is 32.2. The molecule has 7 heteroatoms.